The third kappa shape index (κ3) is 4.97. The molecule has 30 heavy (non-hydrogen) atoms. The summed E-state index contributed by atoms with van der Waals surface area (Å²) in [5, 5.41) is 17.9. The smallest absolute Gasteiger partial charge is 0.240 e. The number of carbonyl (C=O) groups is 1. The summed E-state index contributed by atoms with van der Waals surface area (Å²) in [5.41, 5.74) is 1.74. The van der Waals surface area contributed by atoms with E-state index in [9.17, 15) is 4.79 Å². The van der Waals surface area contributed by atoms with E-state index < -0.39 is 5.25 Å². The normalized spacial score (nSPS) is 11.5. The summed E-state index contributed by atoms with van der Waals surface area (Å²) >= 11 is 1.36. The number of benzene rings is 2. The van der Waals surface area contributed by atoms with Gasteiger partial charge >= 0.3 is 0 Å². The topological polar surface area (TPSA) is 74.8 Å². The van der Waals surface area contributed by atoms with Crippen molar-refractivity contribution in [2.45, 2.75) is 30.3 Å². The molecule has 6 nitrogen and oxygen atoms in total. The zero-order chi connectivity index (χ0) is 21.3. The van der Waals surface area contributed by atoms with Crippen LogP contribution in [0.2, 0.25) is 0 Å². The minimum Gasteiger partial charge on any atom is -0.310 e. The predicted octanol–water partition coefficient (Wildman–Crippen LogP) is 4.56. The van der Waals surface area contributed by atoms with Gasteiger partial charge in [-0.25, -0.2) is 0 Å². The molecule has 1 aromatic heterocycles. The number of anilines is 1. The van der Waals surface area contributed by atoms with Crippen LogP contribution in [0.15, 0.2) is 78.5 Å². The minimum atomic E-state index is -0.403. The SMILES string of the molecule is C=CCn1c(S[C@@H](C)C(=O)N(CCC#N)c2ccccc2)nnc1-c1ccccc1. The van der Waals surface area contributed by atoms with Crippen molar-refractivity contribution in [2.24, 2.45) is 0 Å². The number of para-hydroxylation sites is 1. The Morgan fingerprint density at radius 1 is 1.20 bits per heavy atom. The maximum atomic E-state index is 13.2. The molecule has 0 fully saturated rings. The van der Waals surface area contributed by atoms with Gasteiger partial charge in [-0.05, 0) is 19.1 Å². The molecule has 1 atom stereocenters. The van der Waals surface area contributed by atoms with Crippen LogP contribution in [0.1, 0.15) is 13.3 Å². The molecule has 0 aliphatic rings. The quantitative estimate of drug-likeness (QED) is 0.377. The van der Waals surface area contributed by atoms with Crippen molar-refractivity contribution in [3.05, 3.63) is 73.3 Å². The summed E-state index contributed by atoms with van der Waals surface area (Å²) in [5.74, 6) is 0.665. The van der Waals surface area contributed by atoms with Crippen molar-refractivity contribution in [2.75, 3.05) is 11.4 Å². The first-order chi connectivity index (χ1) is 14.7. The fourth-order valence-electron chi connectivity index (χ4n) is 3.03. The van der Waals surface area contributed by atoms with Gasteiger partial charge in [-0.3, -0.25) is 9.36 Å². The van der Waals surface area contributed by atoms with Crippen molar-refractivity contribution >= 4 is 23.4 Å². The molecule has 0 saturated heterocycles. The second kappa shape index (κ2) is 10.4. The standard InChI is InChI=1S/C23H23N5OS/c1-3-16-28-21(19-11-6-4-7-12-19)25-26-23(28)30-18(2)22(29)27(17-10-15-24)20-13-8-5-9-14-20/h3-9,11-14,18H,1,10,16-17H2,2H3/t18-/m0/s1. The predicted molar refractivity (Wildman–Crippen MR) is 120 cm³/mol. The number of carbonyl (C=O) groups excluding carboxylic acids is 1. The van der Waals surface area contributed by atoms with Crippen LogP contribution in [0.3, 0.4) is 0 Å². The van der Waals surface area contributed by atoms with Gasteiger partial charge in [-0.2, -0.15) is 5.26 Å². The Hall–Kier alpha value is -3.37. The van der Waals surface area contributed by atoms with Crippen molar-refractivity contribution in [1.29, 1.82) is 5.26 Å². The van der Waals surface area contributed by atoms with Crippen LogP contribution in [-0.2, 0) is 11.3 Å². The molecule has 0 unspecified atom stereocenters. The van der Waals surface area contributed by atoms with Crippen LogP contribution in [0.4, 0.5) is 5.69 Å². The molecule has 3 rings (SSSR count). The first kappa shape index (κ1) is 21.3. The average molecular weight is 418 g/mol. The van der Waals surface area contributed by atoms with E-state index in [-0.39, 0.29) is 12.3 Å². The lowest BCUT2D eigenvalue weighted by molar-refractivity contribution is -0.117. The highest BCUT2D eigenvalue weighted by atomic mass is 32.2. The molecule has 0 bridgehead atoms. The molecule has 7 heteroatoms. The Kier molecular flexibility index (Phi) is 7.41. The lowest BCUT2D eigenvalue weighted by Crippen LogP contribution is -2.37. The van der Waals surface area contributed by atoms with Gasteiger partial charge in [0.05, 0.1) is 17.7 Å². The average Bonchev–Trinajstić information content (AvgIpc) is 3.17. The van der Waals surface area contributed by atoms with E-state index in [0.717, 1.165) is 17.1 Å². The van der Waals surface area contributed by atoms with Gasteiger partial charge in [0.1, 0.15) is 0 Å². The van der Waals surface area contributed by atoms with E-state index in [0.29, 0.717) is 18.2 Å². The van der Waals surface area contributed by atoms with Gasteiger partial charge in [0.2, 0.25) is 5.91 Å². The molecule has 0 N–H and O–H groups in total. The molecule has 152 valence electrons. The minimum absolute atomic E-state index is 0.0733. The zero-order valence-electron chi connectivity index (χ0n) is 16.8. The molecule has 0 radical (unpaired) electrons. The molecule has 2 aromatic carbocycles. The highest BCUT2D eigenvalue weighted by Gasteiger charge is 2.25. The second-order valence-corrected chi connectivity index (χ2v) is 7.87. The highest BCUT2D eigenvalue weighted by molar-refractivity contribution is 8.00. The number of hydrogen-bond acceptors (Lipinski definition) is 5. The van der Waals surface area contributed by atoms with Crippen molar-refractivity contribution in [1.82, 2.24) is 14.8 Å². The van der Waals surface area contributed by atoms with Gasteiger partial charge in [0, 0.05) is 24.3 Å². The fraction of sp³-hybridized carbons (Fsp3) is 0.217. The van der Waals surface area contributed by atoms with Crippen LogP contribution in [0.5, 0.6) is 0 Å². The van der Waals surface area contributed by atoms with E-state index in [2.05, 4.69) is 22.8 Å². The van der Waals surface area contributed by atoms with Gasteiger partial charge in [-0.1, -0.05) is 66.4 Å². The number of nitrogens with zero attached hydrogens (tertiary/aromatic N) is 5. The number of aromatic nitrogens is 3. The summed E-state index contributed by atoms with van der Waals surface area (Å²) in [7, 11) is 0. The molecular weight excluding hydrogens is 394 g/mol. The fourth-order valence-corrected chi connectivity index (χ4v) is 3.96. The summed E-state index contributed by atoms with van der Waals surface area (Å²) in [6.07, 6.45) is 2.05. The molecule has 0 aliphatic heterocycles. The van der Waals surface area contributed by atoms with Crippen LogP contribution in [0, 0.1) is 11.3 Å². The highest BCUT2D eigenvalue weighted by Crippen LogP contribution is 2.28. The maximum Gasteiger partial charge on any atom is 0.240 e. The van der Waals surface area contributed by atoms with Gasteiger partial charge in [0.25, 0.3) is 0 Å². The van der Waals surface area contributed by atoms with Crippen molar-refractivity contribution < 1.29 is 4.79 Å². The Labute approximate surface area is 180 Å². The molecule has 1 heterocycles. The second-order valence-electron chi connectivity index (χ2n) is 6.57. The molecule has 3 aromatic rings. The Morgan fingerprint density at radius 2 is 1.87 bits per heavy atom. The van der Waals surface area contributed by atoms with E-state index in [1.54, 1.807) is 11.0 Å². The van der Waals surface area contributed by atoms with E-state index in [4.69, 9.17) is 5.26 Å². The third-order valence-electron chi connectivity index (χ3n) is 4.47. The summed E-state index contributed by atoms with van der Waals surface area (Å²) < 4.78 is 1.96. The van der Waals surface area contributed by atoms with Crippen LogP contribution >= 0.6 is 11.8 Å². The molecule has 1 amide bonds. The first-order valence-corrected chi connectivity index (χ1v) is 10.5. The Balaban J connectivity index is 1.84. The summed E-state index contributed by atoms with van der Waals surface area (Å²) in [6, 6.07) is 21.3. The molecular formula is C23H23N5OS. The maximum absolute atomic E-state index is 13.2. The Morgan fingerprint density at radius 3 is 2.50 bits per heavy atom. The monoisotopic (exact) mass is 417 g/mol. The van der Waals surface area contributed by atoms with Crippen molar-refractivity contribution in [3.63, 3.8) is 0 Å². The molecule has 0 aliphatic carbocycles. The van der Waals surface area contributed by atoms with Gasteiger partial charge < -0.3 is 4.90 Å². The number of allylic oxidation sites excluding steroid dienone is 1. The number of rotatable bonds is 9. The van der Waals surface area contributed by atoms with E-state index in [1.807, 2.05) is 72.2 Å². The zero-order valence-corrected chi connectivity index (χ0v) is 17.6. The summed E-state index contributed by atoms with van der Waals surface area (Å²) in [4.78, 5) is 14.9. The largest absolute Gasteiger partial charge is 0.310 e. The van der Waals surface area contributed by atoms with Crippen LogP contribution in [-0.4, -0.2) is 32.5 Å². The lowest BCUT2D eigenvalue weighted by atomic mass is 10.2. The van der Waals surface area contributed by atoms with Gasteiger partial charge in [-0.15, -0.1) is 16.8 Å². The number of thioether (sulfide) groups is 1. The van der Waals surface area contributed by atoms with E-state index in [1.165, 1.54) is 11.8 Å². The van der Waals surface area contributed by atoms with Crippen LogP contribution < -0.4 is 4.90 Å². The third-order valence-corrected chi connectivity index (χ3v) is 5.54. The lowest BCUT2D eigenvalue weighted by Gasteiger charge is -2.24. The number of hydrogen-bond donors (Lipinski definition) is 0. The van der Waals surface area contributed by atoms with Crippen LogP contribution in [0.25, 0.3) is 11.4 Å². The Bertz CT molecular complexity index is 1030. The number of nitriles is 1. The van der Waals surface area contributed by atoms with E-state index >= 15 is 0 Å². The summed E-state index contributed by atoms with van der Waals surface area (Å²) in [6.45, 7) is 6.57. The van der Waals surface area contributed by atoms with Gasteiger partial charge in [0.15, 0.2) is 11.0 Å². The number of amides is 1. The first-order valence-electron chi connectivity index (χ1n) is 9.65. The van der Waals surface area contributed by atoms with Crippen molar-refractivity contribution in [3.8, 4) is 17.5 Å². The molecule has 0 saturated carbocycles. The molecule has 0 spiro atoms.